The zero-order valence-electron chi connectivity index (χ0n) is 27.7. The maximum absolute atomic E-state index is 7.04. The first-order valence-electron chi connectivity index (χ1n) is 17.3. The summed E-state index contributed by atoms with van der Waals surface area (Å²) in [6.45, 7) is 4.71. The first-order valence-corrected chi connectivity index (χ1v) is 18.1. The van der Waals surface area contributed by atoms with E-state index < -0.39 is 0 Å². The Morgan fingerprint density at radius 1 is 0.440 bits per heavy atom. The van der Waals surface area contributed by atoms with E-state index in [0.29, 0.717) is 0 Å². The van der Waals surface area contributed by atoms with Crippen molar-refractivity contribution in [1.82, 2.24) is 0 Å². The largest absolute Gasteiger partial charge is 0.453 e. The second kappa shape index (κ2) is 10.1. The van der Waals surface area contributed by atoms with Gasteiger partial charge in [-0.05, 0) is 57.1 Å². The van der Waals surface area contributed by atoms with Crippen LogP contribution in [0.25, 0.3) is 74.8 Å². The SMILES string of the molecule is CC1(C)c2ccccc2-c2c(N(c3cccc4c3oc3c5ccccc5ccc43)c3cccc4c3sc3c5ccccc5ccc43)cccc21. The molecular weight excluding hydrogens is 627 g/mol. The number of hydrogen-bond acceptors (Lipinski definition) is 3. The van der Waals surface area contributed by atoms with Crippen LogP contribution in [0.5, 0.6) is 0 Å². The number of hydrogen-bond donors (Lipinski definition) is 0. The molecule has 0 unspecified atom stereocenters. The van der Waals surface area contributed by atoms with Crippen molar-refractivity contribution >= 4 is 92.1 Å². The zero-order chi connectivity index (χ0) is 33.1. The maximum atomic E-state index is 7.04. The third-order valence-corrected chi connectivity index (χ3v) is 12.3. The fraction of sp³-hybridized carbons (Fsp3) is 0.0638. The average molecular weight is 658 g/mol. The number of furan rings is 1. The number of para-hydroxylation sites is 1. The Labute approximate surface area is 293 Å². The monoisotopic (exact) mass is 657 g/mol. The zero-order valence-corrected chi connectivity index (χ0v) is 28.5. The Morgan fingerprint density at radius 3 is 1.88 bits per heavy atom. The van der Waals surface area contributed by atoms with Crippen molar-refractivity contribution in [2.45, 2.75) is 19.3 Å². The molecular formula is C47H31NOS. The van der Waals surface area contributed by atoms with Crippen LogP contribution < -0.4 is 4.90 Å². The van der Waals surface area contributed by atoms with Crippen LogP contribution in [0.2, 0.25) is 0 Å². The standard InChI is InChI=1S/C47H31NOS/c1-47(2)37-19-8-7-16-36(37)42-38(47)20-11-21-39(42)48(40-22-9-17-32-33-26-24-28-12-3-5-14-30(28)43(33)49-44(32)40)41-23-10-18-34-35-27-25-29-13-4-6-15-31(29)45(35)50-46(34)41/h3-27H,1-2H3. The maximum Gasteiger partial charge on any atom is 0.159 e. The Bertz CT molecular complexity index is 2880. The van der Waals surface area contributed by atoms with Gasteiger partial charge in [0.15, 0.2) is 5.58 Å². The average Bonchev–Trinajstić information content (AvgIpc) is 3.81. The molecule has 1 aliphatic carbocycles. The molecule has 2 nitrogen and oxygen atoms in total. The van der Waals surface area contributed by atoms with E-state index in [4.69, 9.17) is 4.42 Å². The molecule has 8 aromatic carbocycles. The molecule has 10 aromatic rings. The number of nitrogens with zero attached hydrogens (tertiary/aromatic N) is 1. The number of benzene rings is 8. The van der Waals surface area contributed by atoms with E-state index in [1.54, 1.807) is 0 Å². The molecule has 0 aliphatic heterocycles. The molecule has 0 atom stereocenters. The molecule has 0 saturated heterocycles. The van der Waals surface area contributed by atoms with Crippen LogP contribution in [0.15, 0.2) is 156 Å². The van der Waals surface area contributed by atoms with Gasteiger partial charge >= 0.3 is 0 Å². The van der Waals surface area contributed by atoms with E-state index in [9.17, 15) is 0 Å². The van der Waals surface area contributed by atoms with E-state index in [-0.39, 0.29) is 5.41 Å². The second-order valence-electron chi connectivity index (χ2n) is 14.0. The highest BCUT2D eigenvalue weighted by molar-refractivity contribution is 7.27. The fourth-order valence-electron chi connectivity index (χ4n) is 8.69. The Balaban J connectivity index is 1.28. The summed E-state index contributed by atoms with van der Waals surface area (Å²) in [5.41, 5.74) is 10.3. The first kappa shape index (κ1) is 28.0. The number of anilines is 3. The van der Waals surface area contributed by atoms with Gasteiger partial charge in [0.1, 0.15) is 5.58 Å². The highest BCUT2D eigenvalue weighted by atomic mass is 32.1. The molecule has 11 rings (SSSR count). The van der Waals surface area contributed by atoms with Gasteiger partial charge in [0.25, 0.3) is 0 Å². The van der Waals surface area contributed by atoms with Crippen LogP contribution >= 0.6 is 11.3 Å². The highest BCUT2D eigenvalue weighted by Gasteiger charge is 2.38. The Kier molecular flexibility index (Phi) is 5.64. The Hall–Kier alpha value is -5.90. The molecule has 0 radical (unpaired) electrons. The number of rotatable bonds is 3. The van der Waals surface area contributed by atoms with Crippen LogP contribution in [-0.4, -0.2) is 0 Å². The van der Waals surface area contributed by atoms with Crippen molar-refractivity contribution in [3.63, 3.8) is 0 Å². The van der Waals surface area contributed by atoms with Gasteiger partial charge in [-0.25, -0.2) is 0 Å². The van der Waals surface area contributed by atoms with Crippen LogP contribution in [0.1, 0.15) is 25.0 Å². The van der Waals surface area contributed by atoms with Gasteiger partial charge in [-0.1, -0.05) is 141 Å². The van der Waals surface area contributed by atoms with Crippen molar-refractivity contribution in [2.75, 3.05) is 4.90 Å². The third kappa shape index (κ3) is 3.68. The first-order chi connectivity index (χ1) is 24.6. The van der Waals surface area contributed by atoms with E-state index in [0.717, 1.165) is 44.4 Å². The molecule has 0 amide bonds. The molecule has 0 fully saturated rings. The van der Waals surface area contributed by atoms with Crippen molar-refractivity contribution in [3.8, 4) is 11.1 Å². The summed E-state index contributed by atoms with van der Waals surface area (Å²) in [6.07, 6.45) is 0. The lowest BCUT2D eigenvalue weighted by Crippen LogP contribution is -2.16. The van der Waals surface area contributed by atoms with E-state index in [1.165, 1.54) is 58.6 Å². The van der Waals surface area contributed by atoms with E-state index in [2.05, 4.69) is 170 Å². The van der Waals surface area contributed by atoms with Gasteiger partial charge in [-0.2, -0.15) is 0 Å². The van der Waals surface area contributed by atoms with Crippen LogP contribution in [0.3, 0.4) is 0 Å². The fourth-order valence-corrected chi connectivity index (χ4v) is 10.0. The smallest absolute Gasteiger partial charge is 0.159 e. The van der Waals surface area contributed by atoms with Crippen molar-refractivity contribution in [3.05, 3.63) is 163 Å². The molecule has 236 valence electrons. The molecule has 2 aromatic heterocycles. The lowest BCUT2D eigenvalue weighted by Gasteiger charge is -2.29. The molecule has 2 heterocycles. The highest BCUT2D eigenvalue weighted by Crippen LogP contribution is 2.56. The second-order valence-corrected chi connectivity index (χ2v) is 15.1. The normalized spacial score (nSPS) is 13.6. The van der Waals surface area contributed by atoms with E-state index >= 15 is 0 Å². The molecule has 50 heavy (non-hydrogen) atoms. The van der Waals surface area contributed by atoms with Crippen LogP contribution in [-0.2, 0) is 5.41 Å². The molecule has 3 heteroatoms. The lowest BCUT2D eigenvalue weighted by atomic mass is 9.82. The lowest BCUT2D eigenvalue weighted by molar-refractivity contribution is 0.660. The summed E-state index contributed by atoms with van der Waals surface area (Å²) in [5.74, 6) is 0. The summed E-state index contributed by atoms with van der Waals surface area (Å²) in [6, 6.07) is 55.5. The Morgan fingerprint density at radius 2 is 1.02 bits per heavy atom. The minimum absolute atomic E-state index is 0.125. The molecule has 0 N–H and O–H groups in total. The summed E-state index contributed by atoms with van der Waals surface area (Å²) < 4.78 is 9.63. The van der Waals surface area contributed by atoms with Gasteiger partial charge in [0.05, 0.1) is 21.8 Å². The van der Waals surface area contributed by atoms with Crippen molar-refractivity contribution in [2.24, 2.45) is 0 Å². The molecule has 0 bridgehead atoms. The number of fused-ring (bicyclic) bond motifs is 13. The summed E-state index contributed by atoms with van der Waals surface area (Å²) in [7, 11) is 0. The molecule has 0 saturated carbocycles. The topological polar surface area (TPSA) is 16.4 Å². The number of thiophene rings is 1. The summed E-state index contributed by atoms with van der Waals surface area (Å²) >= 11 is 1.89. The predicted octanol–water partition coefficient (Wildman–Crippen LogP) is 14.0. The van der Waals surface area contributed by atoms with Gasteiger partial charge in [-0.3, -0.25) is 0 Å². The van der Waals surface area contributed by atoms with Gasteiger partial charge in [0, 0.05) is 42.6 Å². The van der Waals surface area contributed by atoms with Crippen molar-refractivity contribution in [1.29, 1.82) is 0 Å². The molecule has 0 spiro atoms. The predicted molar refractivity (Wildman–Crippen MR) is 214 cm³/mol. The van der Waals surface area contributed by atoms with Crippen LogP contribution in [0.4, 0.5) is 17.1 Å². The third-order valence-electron chi connectivity index (χ3n) is 11.0. The summed E-state index contributed by atoms with van der Waals surface area (Å²) in [4.78, 5) is 2.49. The van der Waals surface area contributed by atoms with Crippen LogP contribution in [0, 0.1) is 0 Å². The van der Waals surface area contributed by atoms with Gasteiger partial charge in [0.2, 0.25) is 0 Å². The minimum atomic E-state index is -0.125. The van der Waals surface area contributed by atoms with E-state index in [1.807, 2.05) is 11.3 Å². The van der Waals surface area contributed by atoms with Crippen molar-refractivity contribution < 1.29 is 4.42 Å². The van der Waals surface area contributed by atoms with Gasteiger partial charge in [-0.15, -0.1) is 11.3 Å². The quantitative estimate of drug-likeness (QED) is 0.188. The van der Waals surface area contributed by atoms with Gasteiger partial charge < -0.3 is 9.32 Å². The molecule has 1 aliphatic rings. The minimum Gasteiger partial charge on any atom is -0.453 e. The summed E-state index contributed by atoms with van der Waals surface area (Å²) in [5, 5.41) is 9.70.